The molecule has 74 valence electrons. The van der Waals surface area contributed by atoms with E-state index < -0.39 is 0 Å². The highest BCUT2D eigenvalue weighted by molar-refractivity contribution is 7.11. The number of thiazole rings is 1. The fraction of sp³-hybridized carbons (Fsp3) is 0.375. The molecule has 0 saturated heterocycles. The van der Waals surface area contributed by atoms with Gasteiger partial charge in [-0.3, -0.25) is 0 Å². The molecular weight excluding hydrogens is 200 g/mol. The number of aromatic nitrogens is 3. The number of nitrogens with zero attached hydrogens (tertiary/aromatic N) is 3. The first kappa shape index (κ1) is 9.14. The molecule has 0 saturated carbocycles. The second kappa shape index (κ2) is 3.75. The quantitative estimate of drug-likeness (QED) is 0.836. The lowest BCUT2D eigenvalue weighted by atomic mass is 10.5. The highest BCUT2D eigenvalue weighted by Gasteiger charge is 2.02. The molecular formula is C8H10N4OS. The van der Waals surface area contributed by atoms with E-state index in [0.29, 0.717) is 18.5 Å². The zero-order valence-corrected chi connectivity index (χ0v) is 8.76. The van der Waals surface area contributed by atoms with Crippen LogP contribution in [0.15, 0.2) is 10.6 Å². The monoisotopic (exact) mass is 210 g/mol. The van der Waals surface area contributed by atoms with Gasteiger partial charge in [0.1, 0.15) is 0 Å². The third kappa shape index (κ3) is 2.08. The van der Waals surface area contributed by atoms with Gasteiger partial charge in [-0.25, -0.2) is 4.98 Å². The number of nitrogens with one attached hydrogen (secondary N) is 1. The van der Waals surface area contributed by atoms with Gasteiger partial charge in [0.15, 0.2) is 0 Å². The minimum atomic E-state index is 0.452. The number of hydrogen-bond acceptors (Lipinski definition) is 6. The maximum Gasteiger partial charge on any atom is 0.315 e. The topological polar surface area (TPSA) is 63.8 Å². The summed E-state index contributed by atoms with van der Waals surface area (Å²) in [6.07, 6.45) is 1.84. The van der Waals surface area contributed by atoms with Gasteiger partial charge in [0.05, 0.1) is 11.6 Å². The Morgan fingerprint density at radius 3 is 2.86 bits per heavy atom. The van der Waals surface area contributed by atoms with E-state index in [1.165, 1.54) is 0 Å². The van der Waals surface area contributed by atoms with Crippen LogP contribution in [0.1, 0.15) is 15.8 Å². The lowest BCUT2D eigenvalue weighted by Crippen LogP contribution is -1.97. The van der Waals surface area contributed by atoms with Crippen molar-refractivity contribution < 1.29 is 4.42 Å². The second-order valence-electron chi connectivity index (χ2n) is 2.83. The van der Waals surface area contributed by atoms with Gasteiger partial charge in [-0.05, 0) is 6.92 Å². The normalized spacial score (nSPS) is 10.4. The Morgan fingerprint density at radius 2 is 2.29 bits per heavy atom. The Kier molecular flexibility index (Phi) is 2.45. The van der Waals surface area contributed by atoms with Crippen molar-refractivity contribution in [2.24, 2.45) is 0 Å². The Bertz CT molecular complexity index is 382. The van der Waals surface area contributed by atoms with Gasteiger partial charge in [0.2, 0.25) is 5.89 Å². The first-order valence-corrected chi connectivity index (χ1v) is 5.01. The van der Waals surface area contributed by atoms with Crippen LogP contribution in [-0.2, 0) is 6.54 Å². The van der Waals surface area contributed by atoms with Crippen LogP contribution in [0.5, 0.6) is 0 Å². The zero-order valence-electron chi connectivity index (χ0n) is 7.94. The van der Waals surface area contributed by atoms with Gasteiger partial charge < -0.3 is 9.73 Å². The summed E-state index contributed by atoms with van der Waals surface area (Å²) in [5.41, 5.74) is 0. The minimum absolute atomic E-state index is 0.452. The van der Waals surface area contributed by atoms with E-state index in [2.05, 4.69) is 20.5 Å². The Balaban J connectivity index is 1.94. The minimum Gasteiger partial charge on any atom is -0.408 e. The van der Waals surface area contributed by atoms with Crippen molar-refractivity contribution in [3.8, 4) is 0 Å². The Labute approximate surface area is 85.2 Å². The van der Waals surface area contributed by atoms with Gasteiger partial charge in [-0.2, -0.15) is 0 Å². The molecule has 0 bridgehead atoms. The number of anilines is 1. The molecule has 2 heterocycles. The first-order chi connectivity index (χ1) is 6.74. The predicted molar refractivity (Wildman–Crippen MR) is 53.2 cm³/mol. The molecule has 14 heavy (non-hydrogen) atoms. The van der Waals surface area contributed by atoms with E-state index in [4.69, 9.17) is 4.42 Å². The van der Waals surface area contributed by atoms with Crippen LogP contribution in [0.2, 0.25) is 0 Å². The summed E-state index contributed by atoms with van der Waals surface area (Å²) >= 11 is 1.65. The van der Waals surface area contributed by atoms with Gasteiger partial charge in [-0.1, -0.05) is 5.10 Å². The molecule has 6 heteroatoms. The fourth-order valence-electron chi connectivity index (χ4n) is 1.02. The highest BCUT2D eigenvalue weighted by atomic mass is 32.1. The van der Waals surface area contributed by atoms with Crippen molar-refractivity contribution in [3.05, 3.63) is 22.0 Å². The van der Waals surface area contributed by atoms with Crippen molar-refractivity contribution >= 4 is 17.4 Å². The smallest absolute Gasteiger partial charge is 0.315 e. The molecule has 2 aromatic rings. The van der Waals surface area contributed by atoms with Gasteiger partial charge in [0.25, 0.3) is 0 Å². The molecule has 0 unspecified atom stereocenters. The SMILES string of the molecule is Cc1nnc(NCc2cnc(C)s2)o1. The van der Waals surface area contributed by atoms with Crippen molar-refractivity contribution in [1.29, 1.82) is 0 Å². The average Bonchev–Trinajstić information content (AvgIpc) is 2.72. The third-order valence-corrected chi connectivity index (χ3v) is 2.52. The molecule has 5 nitrogen and oxygen atoms in total. The van der Waals surface area contributed by atoms with Crippen molar-refractivity contribution in [2.75, 3.05) is 5.32 Å². The largest absolute Gasteiger partial charge is 0.408 e. The van der Waals surface area contributed by atoms with E-state index in [1.807, 2.05) is 13.1 Å². The zero-order chi connectivity index (χ0) is 9.97. The van der Waals surface area contributed by atoms with Crippen LogP contribution in [0, 0.1) is 13.8 Å². The van der Waals surface area contributed by atoms with E-state index in [1.54, 1.807) is 18.3 Å². The maximum absolute atomic E-state index is 5.16. The highest BCUT2D eigenvalue weighted by Crippen LogP contribution is 2.13. The third-order valence-electron chi connectivity index (χ3n) is 1.61. The van der Waals surface area contributed by atoms with Gasteiger partial charge in [-0.15, -0.1) is 16.4 Å². The van der Waals surface area contributed by atoms with Crippen molar-refractivity contribution in [1.82, 2.24) is 15.2 Å². The van der Waals surface area contributed by atoms with Gasteiger partial charge in [0, 0.05) is 18.0 Å². The molecule has 0 aliphatic heterocycles. The van der Waals surface area contributed by atoms with E-state index >= 15 is 0 Å². The van der Waals surface area contributed by atoms with Gasteiger partial charge >= 0.3 is 6.01 Å². The Morgan fingerprint density at radius 1 is 1.43 bits per heavy atom. The average molecular weight is 210 g/mol. The molecule has 0 spiro atoms. The Hall–Kier alpha value is -1.43. The molecule has 0 amide bonds. The number of aryl methyl sites for hydroxylation is 2. The predicted octanol–water partition coefficient (Wildman–Crippen LogP) is 1.76. The van der Waals surface area contributed by atoms with Crippen LogP contribution in [0.4, 0.5) is 6.01 Å². The lowest BCUT2D eigenvalue weighted by Gasteiger charge is -1.95. The summed E-state index contributed by atoms with van der Waals surface area (Å²) in [5, 5.41) is 11.6. The molecule has 0 aliphatic rings. The summed E-state index contributed by atoms with van der Waals surface area (Å²) < 4.78 is 5.16. The molecule has 2 rings (SSSR count). The molecule has 0 atom stereocenters. The molecule has 0 fully saturated rings. The first-order valence-electron chi connectivity index (χ1n) is 4.19. The molecule has 2 aromatic heterocycles. The summed E-state index contributed by atoms with van der Waals surface area (Å²) in [5.74, 6) is 0.563. The molecule has 1 N–H and O–H groups in total. The van der Waals surface area contributed by atoms with Crippen LogP contribution >= 0.6 is 11.3 Å². The molecule has 0 radical (unpaired) electrons. The van der Waals surface area contributed by atoms with Crippen molar-refractivity contribution in [2.45, 2.75) is 20.4 Å². The maximum atomic E-state index is 5.16. The summed E-state index contributed by atoms with van der Waals surface area (Å²) in [4.78, 5) is 5.30. The molecule has 0 aromatic carbocycles. The van der Waals surface area contributed by atoms with Crippen LogP contribution < -0.4 is 5.32 Å². The van der Waals surface area contributed by atoms with E-state index in [-0.39, 0.29) is 0 Å². The summed E-state index contributed by atoms with van der Waals surface area (Å²) in [6, 6.07) is 0.452. The summed E-state index contributed by atoms with van der Waals surface area (Å²) in [7, 11) is 0. The molecule has 0 aliphatic carbocycles. The second-order valence-corrected chi connectivity index (χ2v) is 4.14. The fourth-order valence-corrected chi connectivity index (χ4v) is 1.75. The van der Waals surface area contributed by atoms with E-state index in [9.17, 15) is 0 Å². The number of hydrogen-bond donors (Lipinski definition) is 1. The lowest BCUT2D eigenvalue weighted by molar-refractivity contribution is 0.531. The van der Waals surface area contributed by atoms with Crippen LogP contribution in [0.3, 0.4) is 0 Å². The standard InChI is InChI=1S/C8H10N4OS/c1-5-11-12-8(13-5)10-4-7-3-9-6(2)14-7/h3H,4H2,1-2H3,(H,10,12). The number of rotatable bonds is 3. The van der Waals surface area contributed by atoms with Crippen molar-refractivity contribution in [3.63, 3.8) is 0 Å². The van der Waals surface area contributed by atoms with E-state index in [0.717, 1.165) is 9.88 Å². The van der Waals surface area contributed by atoms with Crippen LogP contribution in [-0.4, -0.2) is 15.2 Å². The summed E-state index contributed by atoms with van der Waals surface area (Å²) in [6.45, 7) is 4.41. The van der Waals surface area contributed by atoms with Crippen LogP contribution in [0.25, 0.3) is 0 Å².